The minimum Gasteiger partial charge on any atom is -0.481 e. The van der Waals surface area contributed by atoms with E-state index in [1.165, 1.54) is 0 Å². The number of carboxylic acid groups (broad SMARTS) is 1. The molecule has 0 amide bonds. The van der Waals surface area contributed by atoms with Crippen LogP contribution in [-0.2, 0) is 11.2 Å². The van der Waals surface area contributed by atoms with Crippen LogP contribution in [0.15, 0.2) is 24.3 Å². The summed E-state index contributed by atoms with van der Waals surface area (Å²) in [5.41, 5.74) is 1.13. The van der Waals surface area contributed by atoms with Crippen molar-refractivity contribution in [3.63, 3.8) is 0 Å². The highest BCUT2D eigenvalue weighted by Crippen LogP contribution is 2.20. The SMILES string of the molecule is C#CCOc1ccccc1CCCCCC(=O)O. The Balaban J connectivity index is 2.37. The molecule has 3 heteroatoms. The van der Waals surface area contributed by atoms with Crippen molar-refractivity contribution < 1.29 is 14.6 Å². The number of benzene rings is 1. The molecule has 1 N–H and O–H groups in total. The summed E-state index contributed by atoms with van der Waals surface area (Å²) in [6.45, 7) is 0.274. The van der Waals surface area contributed by atoms with E-state index in [0.29, 0.717) is 0 Å². The Hall–Kier alpha value is -1.95. The van der Waals surface area contributed by atoms with Crippen molar-refractivity contribution in [1.82, 2.24) is 0 Å². The lowest BCUT2D eigenvalue weighted by atomic mass is 10.1. The standard InChI is InChI=1S/C15H18O3/c1-2-12-18-14-10-7-6-9-13(14)8-4-3-5-11-15(16)17/h1,6-7,9-10H,3-5,8,11-12H2,(H,16,17). The van der Waals surface area contributed by atoms with E-state index >= 15 is 0 Å². The summed E-state index contributed by atoms with van der Waals surface area (Å²) in [5, 5.41) is 8.53. The number of para-hydroxylation sites is 1. The van der Waals surface area contributed by atoms with Crippen LogP contribution >= 0.6 is 0 Å². The number of carbonyl (C=O) groups is 1. The number of aryl methyl sites for hydroxylation is 1. The summed E-state index contributed by atoms with van der Waals surface area (Å²) in [4.78, 5) is 10.4. The summed E-state index contributed by atoms with van der Waals surface area (Å²) in [6, 6.07) is 7.81. The Kier molecular flexibility index (Phi) is 6.42. The number of rotatable bonds is 8. The number of ether oxygens (including phenoxy) is 1. The quantitative estimate of drug-likeness (QED) is 0.566. The molecule has 3 nitrogen and oxygen atoms in total. The molecule has 0 fully saturated rings. The lowest BCUT2D eigenvalue weighted by molar-refractivity contribution is -0.137. The third-order valence-electron chi connectivity index (χ3n) is 2.62. The first-order chi connectivity index (χ1) is 8.74. The Morgan fingerprint density at radius 1 is 1.28 bits per heavy atom. The Labute approximate surface area is 108 Å². The molecule has 18 heavy (non-hydrogen) atoms. The van der Waals surface area contributed by atoms with Gasteiger partial charge in [0.1, 0.15) is 12.4 Å². The zero-order valence-electron chi connectivity index (χ0n) is 10.4. The number of hydrogen-bond acceptors (Lipinski definition) is 2. The molecule has 0 aromatic heterocycles. The first-order valence-electron chi connectivity index (χ1n) is 6.10. The second-order valence-corrected chi connectivity index (χ2v) is 4.05. The van der Waals surface area contributed by atoms with Gasteiger partial charge in [-0.3, -0.25) is 4.79 Å². The minimum atomic E-state index is -0.729. The number of hydrogen-bond donors (Lipinski definition) is 1. The van der Waals surface area contributed by atoms with Crippen molar-refractivity contribution in [1.29, 1.82) is 0 Å². The van der Waals surface area contributed by atoms with Crippen LogP contribution in [0.2, 0.25) is 0 Å². The first-order valence-corrected chi connectivity index (χ1v) is 6.10. The largest absolute Gasteiger partial charge is 0.481 e. The number of terminal acetylenes is 1. The zero-order chi connectivity index (χ0) is 13.2. The predicted molar refractivity (Wildman–Crippen MR) is 70.6 cm³/mol. The molecule has 1 aromatic rings. The number of aliphatic carboxylic acids is 1. The van der Waals surface area contributed by atoms with Gasteiger partial charge < -0.3 is 9.84 Å². The monoisotopic (exact) mass is 246 g/mol. The molecule has 0 radical (unpaired) electrons. The fourth-order valence-electron chi connectivity index (χ4n) is 1.74. The Morgan fingerprint density at radius 2 is 2.06 bits per heavy atom. The lowest BCUT2D eigenvalue weighted by Gasteiger charge is -2.09. The molecular formula is C15H18O3. The van der Waals surface area contributed by atoms with Gasteiger partial charge in [-0.2, -0.15) is 0 Å². The highest BCUT2D eigenvalue weighted by atomic mass is 16.5. The van der Waals surface area contributed by atoms with Crippen molar-refractivity contribution in [2.24, 2.45) is 0 Å². The van der Waals surface area contributed by atoms with Gasteiger partial charge in [-0.25, -0.2) is 0 Å². The lowest BCUT2D eigenvalue weighted by Crippen LogP contribution is -1.98. The van der Waals surface area contributed by atoms with Crippen LogP contribution in [-0.4, -0.2) is 17.7 Å². The summed E-state index contributed by atoms with van der Waals surface area (Å²) < 4.78 is 5.45. The van der Waals surface area contributed by atoms with Crippen molar-refractivity contribution in [2.45, 2.75) is 32.1 Å². The molecule has 96 valence electrons. The first kappa shape index (κ1) is 14.1. The molecular weight excluding hydrogens is 228 g/mol. The van der Waals surface area contributed by atoms with Gasteiger partial charge in [0.25, 0.3) is 0 Å². The Morgan fingerprint density at radius 3 is 2.78 bits per heavy atom. The van der Waals surface area contributed by atoms with E-state index < -0.39 is 5.97 Å². The zero-order valence-corrected chi connectivity index (χ0v) is 10.4. The topological polar surface area (TPSA) is 46.5 Å². The van der Waals surface area contributed by atoms with Gasteiger partial charge in [-0.15, -0.1) is 6.42 Å². The summed E-state index contributed by atoms with van der Waals surface area (Å²) in [5.74, 6) is 2.54. The van der Waals surface area contributed by atoms with Crippen molar-refractivity contribution in [3.05, 3.63) is 29.8 Å². The van der Waals surface area contributed by atoms with Crippen molar-refractivity contribution >= 4 is 5.97 Å². The molecule has 0 unspecified atom stereocenters. The van der Waals surface area contributed by atoms with Gasteiger partial charge in [-0.05, 0) is 30.9 Å². The molecule has 0 aliphatic heterocycles. The molecule has 0 atom stereocenters. The number of unbranched alkanes of at least 4 members (excludes halogenated alkanes) is 2. The maximum atomic E-state index is 10.4. The van der Waals surface area contributed by atoms with E-state index in [-0.39, 0.29) is 13.0 Å². The molecule has 0 aliphatic carbocycles. The number of carboxylic acids is 1. The van der Waals surface area contributed by atoms with Gasteiger partial charge in [0.15, 0.2) is 0 Å². The smallest absolute Gasteiger partial charge is 0.303 e. The van der Waals surface area contributed by atoms with Crippen LogP contribution in [0.5, 0.6) is 5.75 Å². The average Bonchev–Trinajstić information content (AvgIpc) is 2.36. The third-order valence-corrected chi connectivity index (χ3v) is 2.62. The van der Waals surface area contributed by atoms with Crippen molar-refractivity contribution in [3.8, 4) is 18.1 Å². The van der Waals surface area contributed by atoms with Crippen LogP contribution in [0.3, 0.4) is 0 Å². The van der Waals surface area contributed by atoms with Crippen LogP contribution in [0.4, 0.5) is 0 Å². The second kappa shape index (κ2) is 8.19. The van der Waals surface area contributed by atoms with Crippen molar-refractivity contribution in [2.75, 3.05) is 6.61 Å². The summed E-state index contributed by atoms with van der Waals surface area (Å²) >= 11 is 0. The average molecular weight is 246 g/mol. The molecule has 0 heterocycles. The predicted octanol–water partition coefficient (Wildman–Crippen LogP) is 2.89. The molecule has 1 aromatic carbocycles. The van der Waals surface area contributed by atoms with E-state index in [9.17, 15) is 4.79 Å². The molecule has 0 aliphatic rings. The normalized spacial score (nSPS) is 9.72. The molecule has 1 rings (SSSR count). The third kappa shape index (κ3) is 5.40. The van der Waals surface area contributed by atoms with Gasteiger partial charge in [0.05, 0.1) is 0 Å². The van der Waals surface area contributed by atoms with E-state index in [1.807, 2.05) is 24.3 Å². The molecule has 0 spiro atoms. The summed E-state index contributed by atoms with van der Waals surface area (Å²) in [7, 11) is 0. The molecule has 0 saturated heterocycles. The van der Waals surface area contributed by atoms with Crippen LogP contribution in [0.25, 0.3) is 0 Å². The fraction of sp³-hybridized carbons (Fsp3) is 0.400. The van der Waals surface area contributed by atoms with E-state index in [2.05, 4.69) is 5.92 Å². The fourth-order valence-corrected chi connectivity index (χ4v) is 1.74. The molecule has 0 saturated carbocycles. The minimum absolute atomic E-state index is 0.245. The van der Waals surface area contributed by atoms with E-state index in [4.69, 9.17) is 16.3 Å². The maximum Gasteiger partial charge on any atom is 0.303 e. The highest BCUT2D eigenvalue weighted by Gasteiger charge is 2.03. The maximum absolute atomic E-state index is 10.4. The van der Waals surface area contributed by atoms with E-state index in [0.717, 1.165) is 37.0 Å². The van der Waals surface area contributed by atoms with Gasteiger partial charge in [0.2, 0.25) is 0 Å². The second-order valence-electron chi connectivity index (χ2n) is 4.05. The highest BCUT2D eigenvalue weighted by molar-refractivity contribution is 5.66. The van der Waals surface area contributed by atoms with Crippen LogP contribution < -0.4 is 4.74 Å². The van der Waals surface area contributed by atoms with Crippen LogP contribution in [0.1, 0.15) is 31.2 Å². The Bertz CT molecular complexity index is 418. The summed E-state index contributed by atoms with van der Waals surface area (Å²) in [6.07, 6.45) is 8.90. The van der Waals surface area contributed by atoms with E-state index in [1.54, 1.807) is 0 Å². The molecule has 0 bridgehead atoms. The van der Waals surface area contributed by atoms with Gasteiger partial charge in [0, 0.05) is 6.42 Å². The van der Waals surface area contributed by atoms with Gasteiger partial charge in [-0.1, -0.05) is 30.5 Å². The van der Waals surface area contributed by atoms with Crippen LogP contribution in [0, 0.1) is 12.3 Å². The van der Waals surface area contributed by atoms with Gasteiger partial charge >= 0.3 is 5.97 Å².